The summed E-state index contributed by atoms with van der Waals surface area (Å²) in [6.07, 6.45) is 3.56. The molecule has 0 aromatic carbocycles. The first kappa shape index (κ1) is 16.7. The number of aliphatic hydroxyl groups is 1. The maximum absolute atomic E-state index is 11.9. The fourth-order valence-electron chi connectivity index (χ4n) is 1.61. The summed E-state index contributed by atoms with van der Waals surface area (Å²) >= 11 is 0. The van der Waals surface area contributed by atoms with Gasteiger partial charge in [-0.2, -0.15) is 0 Å². The Balaban J connectivity index is 2.80. The Morgan fingerprint density at radius 2 is 2.24 bits per heavy atom. The van der Waals surface area contributed by atoms with Crippen LogP contribution in [0.5, 0.6) is 0 Å². The minimum Gasteiger partial charge on any atom is -0.512 e. The van der Waals surface area contributed by atoms with Crippen LogP contribution in [0.25, 0.3) is 12.7 Å². The second kappa shape index (κ2) is 8.06. The van der Waals surface area contributed by atoms with Crippen molar-refractivity contribution in [3.05, 3.63) is 34.2 Å². The van der Waals surface area contributed by atoms with Gasteiger partial charge >= 0.3 is 0 Å². The standard InChI is InChI=1S/C15H21N3O3/c1-11-10-14(15(21)16-7-8-18(2)3)17-13(11)5-4-12(20)6-9-19/h4-5,9-10,17,20H,1,6-8H2,2-3H3,(H,16,21)/b12-4+,13-5+. The average molecular weight is 291 g/mol. The van der Waals surface area contributed by atoms with Crippen molar-refractivity contribution in [1.82, 2.24) is 15.2 Å². The first-order chi connectivity index (χ1) is 9.93. The molecule has 0 aliphatic heterocycles. The van der Waals surface area contributed by atoms with Crippen LogP contribution in [0.2, 0.25) is 0 Å². The van der Waals surface area contributed by atoms with Crippen molar-refractivity contribution in [1.29, 1.82) is 0 Å². The Morgan fingerprint density at radius 1 is 1.52 bits per heavy atom. The Kier molecular flexibility index (Phi) is 6.42. The fraction of sp³-hybridized carbons (Fsp3) is 0.333. The number of aliphatic hydroxyl groups excluding tert-OH is 1. The van der Waals surface area contributed by atoms with E-state index in [1.165, 1.54) is 6.08 Å². The van der Waals surface area contributed by atoms with Crippen molar-refractivity contribution in [2.24, 2.45) is 0 Å². The van der Waals surface area contributed by atoms with Gasteiger partial charge < -0.3 is 25.1 Å². The quantitative estimate of drug-likeness (QED) is 0.468. The number of allylic oxidation sites excluding steroid dienone is 2. The van der Waals surface area contributed by atoms with E-state index >= 15 is 0 Å². The third kappa shape index (κ3) is 5.66. The Bertz CT molecular complexity index is 629. The molecular weight excluding hydrogens is 270 g/mol. The third-order valence-electron chi connectivity index (χ3n) is 2.76. The van der Waals surface area contributed by atoms with Gasteiger partial charge in [0.1, 0.15) is 12.0 Å². The monoisotopic (exact) mass is 291 g/mol. The molecule has 1 aromatic heterocycles. The van der Waals surface area contributed by atoms with Crippen LogP contribution >= 0.6 is 0 Å². The molecule has 0 unspecified atom stereocenters. The predicted molar refractivity (Wildman–Crippen MR) is 82.3 cm³/mol. The lowest BCUT2D eigenvalue weighted by Gasteiger charge is -2.09. The number of hydrogen-bond donors (Lipinski definition) is 3. The highest BCUT2D eigenvalue weighted by atomic mass is 16.3. The minimum atomic E-state index is -0.206. The van der Waals surface area contributed by atoms with Gasteiger partial charge in [0.2, 0.25) is 0 Å². The van der Waals surface area contributed by atoms with E-state index in [1.807, 2.05) is 19.0 Å². The Morgan fingerprint density at radius 3 is 2.86 bits per heavy atom. The van der Waals surface area contributed by atoms with Gasteiger partial charge in [-0.05, 0) is 37.5 Å². The number of likely N-dealkylation sites (N-methyl/N-ethyl adjacent to an activating group) is 1. The summed E-state index contributed by atoms with van der Waals surface area (Å²) < 4.78 is 0. The number of hydrogen-bond acceptors (Lipinski definition) is 4. The van der Waals surface area contributed by atoms with E-state index in [2.05, 4.69) is 16.9 Å². The number of rotatable bonds is 7. The fourth-order valence-corrected chi connectivity index (χ4v) is 1.61. The first-order valence-corrected chi connectivity index (χ1v) is 6.58. The van der Waals surface area contributed by atoms with Gasteiger partial charge in [-0.1, -0.05) is 6.58 Å². The molecule has 3 N–H and O–H groups in total. The van der Waals surface area contributed by atoms with E-state index in [-0.39, 0.29) is 18.1 Å². The number of nitrogens with one attached hydrogen (secondary N) is 2. The van der Waals surface area contributed by atoms with Gasteiger partial charge in [-0.15, -0.1) is 0 Å². The second-order valence-corrected chi connectivity index (χ2v) is 4.88. The molecular formula is C15H21N3O3. The number of amides is 1. The normalized spacial score (nSPS) is 12.7. The molecule has 0 bridgehead atoms. The maximum Gasteiger partial charge on any atom is 0.267 e. The van der Waals surface area contributed by atoms with E-state index in [1.54, 1.807) is 12.1 Å². The molecule has 21 heavy (non-hydrogen) atoms. The number of aldehydes is 1. The van der Waals surface area contributed by atoms with E-state index in [0.29, 0.717) is 29.1 Å². The summed E-state index contributed by atoms with van der Waals surface area (Å²) in [5.41, 5.74) is 0.410. The van der Waals surface area contributed by atoms with E-state index in [9.17, 15) is 14.7 Å². The SMILES string of the molecule is C=c1cc(C(=O)NCCN(C)C)[nH]/c1=C/C=C(/O)CC=O. The average Bonchev–Trinajstić information content (AvgIpc) is 2.78. The molecule has 6 heteroatoms. The summed E-state index contributed by atoms with van der Waals surface area (Å²) in [5, 5.41) is 13.4. The highest BCUT2D eigenvalue weighted by molar-refractivity contribution is 5.92. The summed E-state index contributed by atoms with van der Waals surface area (Å²) in [4.78, 5) is 27.1. The van der Waals surface area contributed by atoms with Crippen molar-refractivity contribution in [2.45, 2.75) is 6.42 Å². The van der Waals surface area contributed by atoms with Crippen LogP contribution in [0.1, 0.15) is 16.9 Å². The largest absolute Gasteiger partial charge is 0.512 e. The summed E-state index contributed by atoms with van der Waals surface area (Å²) in [7, 11) is 3.86. The van der Waals surface area contributed by atoms with E-state index in [0.717, 1.165) is 6.54 Å². The van der Waals surface area contributed by atoms with E-state index < -0.39 is 0 Å². The molecule has 0 aliphatic carbocycles. The van der Waals surface area contributed by atoms with Crippen molar-refractivity contribution in [2.75, 3.05) is 27.2 Å². The Labute approximate surface area is 123 Å². The molecule has 0 atom stereocenters. The number of aromatic nitrogens is 1. The summed E-state index contributed by atoms with van der Waals surface area (Å²) in [5.74, 6) is -0.251. The predicted octanol–water partition coefficient (Wildman–Crippen LogP) is -0.472. The molecule has 114 valence electrons. The van der Waals surface area contributed by atoms with E-state index in [4.69, 9.17) is 0 Å². The lowest BCUT2D eigenvalue weighted by Crippen LogP contribution is -2.31. The van der Waals surface area contributed by atoms with Crippen LogP contribution in [0, 0.1) is 0 Å². The molecule has 1 aromatic rings. The smallest absolute Gasteiger partial charge is 0.267 e. The topological polar surface area (TPSA) is 85.4 Å². The zero-order chi connectivity index (χ0) is 15.8. The van der Waals surface area contributed by atoms with Crippen LogP contribution in [-0.2, 0) is 4.79 Å². The van der Waals surface area contributed by atoms with Crippen LogP contribution in [0.15, 0.2) is 17.9 Å². The van der Waals surface area contributed by atoms with Gasteiger partial charge in [0.15, 0.2) is 0 Å². The lowest BCUT2D eigenvalue weighted by atomic mass is 10.3. The van der Waals surface area contributed by atoms with Crippen LogP contribution < -0.4 is 15.9 Å². The molecule has 0 fully saturated rings. The number of aromatic amines is 1. The number of carbonyl (C=O) groups is 2. The molecule has 0 aliphatic rings. The van der Waals surface area contributed by atoms with Crippen LogP contribution in [-0.4, -0.2) is 54.4 Å². The van der Waals surface area contributed by atoms with Crippen molar-refractivity contribution >= 4 is 24.8 Å². The molecule has 0 saturated heterocycles. The molecule has 0 spiro atoms. The molecule has 0 radical (unpaired) electrons. The summed E-state index contributed by atoms with van der Waals surface area (Å²) in [6, 6.07) is 1.64. The van der Waals surface area contributed by atoms with Gasteiger partial charge in [-0.3, -0.25) is 4.79 Å². The molecule has 1 amide bonds. The highest BCUT2D eigenvalue weighted by Crippen LogP contribution is 1.92. The maximum atomic E-state index is 11.9. The number of carbonyl (C=O) groups excluding carboxylic acids is 2. The molecule has 6 nitrogen and oxygen atoms in total. The number of nitrogens with zero attached hydrogens (tertiary/aromatic N) is 1. The zero-order valence-electron chi connectivity index (χ0n) is 12.3. The van der Waals surface area contributed by atoms with Crippen molar-refractivity contribution < 1.29 is 14.7 Å². The van der Waals surface area contributed by atoms with Gasteiger partial charge in [0.05, 0.1) is 12.2 Å². The lowest BCUT2D eigenvalue weighted by molar-refractivity contribution is -0.107. The van der Waals surface area contributed by atoms with Gasteiger partial charge in [-0.25, -0.2) is 0 Å². The van der Waals surface area contributed by atoms with Gasteiger partial charge in [0.25, 0.3) is 5.91 Å². The van der Waals surface area contributed by atoms with Crippen molar-refractivity contribution in [3.8, 4) is 0 Å². The third-order valence-corrected chi connectivity index (χ3v) is 2.76. The summed E-state index contributed by atoms with van der Waals surface area (Å²) in [6.45, 7) is 5.13. The second-order valence-electron chi connectivity index (χ2n) is 4.88. The zero-order valence-corrected chi connectivity index (χ0v) is 12.3. The van der Waals surface area contributed by atoms with Crippen LogP contribution in [0.4, 0.5) is 0 Å². The molecule has 1 heterocycles. The van der Waals surface area contributed by atoms with Gasteiger partial charge in [0, 0.05) is 18.4 Å². The van der Waals surface area contributed by atoms with Crippen molar-refractivity contribution in [3.63, 3.8) is 0 Å². The molecule has 0 saturated carbocycles. The first-order valence-electron chi connectivity index (χ1n) is 6.58. The molecule has 1 rings (SSSR count). The highest BCUT2D eigenvalue weighted by Gasteiger charge is 2.06. The Hall–Kier alpha value is -2.34. The minimum absolute atomic E-state index is 0.0401. The number of H-pyrrole nitrogens is 1. The van der Waals surface area contributed by atoms with Crippen LogP contribution in [0.3, 0.4) is 0 Å².